The molecule has 0 aliphatic rings. The van der Waals surface area contributed by atoms with Gasteiger partial charge in [-0.05, 0) is 49.7 Å². The molecule has 0 aliphatic heterocycles. The van der Waals surface area contributed by atoms with Crippen molar-refractivity contribution in [2.24, 2.45) is 0 Å². The lowest BCUT2D eigenvalue weighted by Crippen LogP contribution is -2.10. The third-order valence-corrected chi connectivity index (χ3v) is 3.89. The SMILES string of the molecule is Cc1ccc(C(=O)Nc2ccc(Br)cc2C)s1. The fourth-order valence-corrected chi connectivity index (χ4v) is 2.75. The molecule has 1 N–H and O–H groups in total. The lowest BCUT2D eigenvalue weighted by molar-refractivity contribution is 0.103. The number of halogens is 1. The zero-order chi connectivity index (χ0) is 12.4. The van der Waals surface area contributed by atoms with E-state index in [-0.39, 0.29) is 5.91 Å². The predicted octanol–water partition coefficient (Wildman–Crippen LogP) is 4.38. The van der Waals surface area contributed by atoms with E-state index in [2.05, 4.69) is 21.2 Å². The highest BCUT2D eigenvalue weighted by Crippen LogP contribution is 2.22. The van der Waals surface area contributed by atoms with E-state index < -0.39 is 0 Å². The van der Waals surface area contributed by atoms with Gasteiger partial charge in [0, 0.05) is 15.0 Å². The van der Waals surface area contributed by atoms with Gasteiger partial charge < -0.3 is 5.32 Å². The van der Waals surface area contributed by atoms with Crippen molar-refractivity contribution in [3.8, 4) is 0 Å². The largest absolute Gasteiger partial charge is 0.321 e. The fraction of sp³-hybridized carbons (Fsp3) is 0.154. The maximum absolute atomic E-state index is 12.0. The summed E-state index contributed by atoms with van der Waals surface area (Å²) in [5.41, 5.74) is 1.89. The second-order valence-corrected chi connectivity index (χ2v) is 6.03. The Labute approximate surface area is 113 Å². The van der Waals surface area contributed by atoms with E-state index in [1.54, 1.807) is 0 Å². The van der Waals surface area contributed by atoms with E-state index in [4.69, 9.17) is 0 Å². The molecule has 2 nitrogen and oxygen atoms in total. The maximum atomic E-state index is 12.0. The Hall–Kier alpha value is -1.13. The molecule has 0 spiro atoms. The molecule has 0 bridgehead atoms. The number of benzene rings is 1. The molecule has 0 radical (unpaired) electrons. The summed E-state index contributed by atoms with van der Waals surface area (Å²) in [4.78, 5) is 13.8. The van der Waals surface area contributed by atoms with Gasteiger partial charge in [0.2, 0.25) is 0 Å². The van der Waals surface area contributed by atoms with Crippen molar-refractivity contribution in [1.29, 1.82) is 0 Å². The molecule has 1 heterocycles. The number of rotatable bonds is 2. The number of hydrogen-bond donors (Lipinski definition) is 1. The van der Waals surface area contributed by atoms with Crippen LogP contribution >= 0.6 is 27.3 Å². The smallest absolute Gasteiger partial charge is 0.265 e. The number of hydrogen-bond acceptors (Lipinski definition) is 2. The number of aryl methyl sites for hydroxylation is 2. The van der Waals surface area contributed by atoms with Gasteiger partial charge in [0.1, 0.15) is 0 Å². The lowest BCUT2D eigenvalue weighted by Gasteiger charge is -2.07. The summed E-state index contributed by atoms with van der Waals surface area (Å²) in [7, 11) is 0. The molecule has 2 rings (SSSR count). The molecule has 2 aromatic rings. The van der Waals surface area contributed by atoms with Gasteiger partial charge in [0.25, 0.3) is 5.91 Å². The van der Waals surface area contributed by atoms with E-state index in [0.717, 1.165) is 25.5 Å². The van der Waals surface area contributed by atoms with Crippen molar-refractivity contribution in [2.45, 2.75) is 13.8 Å². The molecular weight excluding hydrogens is 298 g/mol. The standard InChI is InChI=1S/C13H12BrNOS/c1-8-7-10(14)4-5-11(8)15-13(16)12-6-3-9(2)17-12/h3-7H,1-2H3,(H,15,16). The first-order valence-electron chi connectivity index (χ1n) is 5.20. The highest BCUT2D eigenvalue weighted by molar-refractivity contribution is 9.10. The van der Waals surface area contributed by atoms with Crippen molar-refractivity contribution in [2.75, 3.05) is 5.32 Å². The van der Waals surface area contributed by atoms with Crippen LogP contribution in [0.25, 0.3) is 0 Å². The highest BCUT2D eigenvalue weighted by Gasteiger charge is 2.09. The molecule has 0 saturated heterocycles. The maximum Gasteiger partial charge on any atom is 0.265 e. The van der Waals surface area contributed by atoms with Crippen molar-refractivity contribution in [1.82, 2.24) is 0 Å². The van der Waals surface area contributed by atoms with Crippen molar-refractivity contribution >= 4 is 38.9 Å². The first-order valence-corrected chi connectivity index (χ1v) is 6.81. The summed E-state index contributed by atoms with van der Waals surface area (Å²) in [5.74, 6) is -0.0477. The van der Waals surface area contributed by atoms with Gasteiger partial charge in [0.15, 0.2) is 0 Å². The van der Waals surface area contributed by atoms with E-state index >= 15 is 0 Å². The molecule has 1 aromatic heterocycles. The number of carbonyl (C=O) groups is 1. The van der Waals surface area contributed by atoms with Crippen molar-refractivity contribution < 1.29 is 4.79 Å². The van der Waals surface area contributed by atoms with E-state index in [1.165, 1.54) is 11.3 Å². The molecule has 1 aromatic carbocycles. The number of amides is 1. The Balaban J connectivity index is 2.18. The van der Waals surface area contributed by atoms with Gasteiger partial charge in [-0.2, -0.15) is 0 Å². The van der Waals surface area contributed by atoms with Gasteiger partial charge in [-0.15, -0.1) is 11.3 Å². The van der Waals surface area contributed by atoms with Gasteiger partial charge in [0.05, 0.1) is 4.88 Å². The molecular formula is C13H12BrNOS. The molecule has 0 atom stereocenters. The van der Waals surface area contributed by atoms with Crippen LogP contribution < -0.4 is 5.32 Å². The number of thiophene rings is 1. The quantitative estimate of drug-likeness (QED) is 0.876. The first kappa shape index (κ1) is 12.3. The minimum absolute atomic E-state index is 0.0477. The second-order valence-electron chi connectivity index (χ2n) is 3.82. The summed E-state index contributed by atoms with van der Waals surface area (Å²) in [6.07, 6.45) is 0. The second kappa shape index (κ2) is 5.02. The molecule has 1 amide bonds. The van der Waals surface area contributed by atoms with Crippen LogP contribution in [0.4, 0.5) is 5.69 Å². The predicted molar refractivity (Wildman–Crippen MR) is 75.9 cm³/mol. The third-order valence-electron chi connectivity index (χ3n) is 2.40. The Morgan fingerprint density at radius 2 is 2.00 bits per heavy atom. The van der Waals surface area contributed by atoms with Crippen LogP contribution in [0.15, 0.2) is 34.8 Å². The van der Waals surface area contributed by atoms with Crippen LogP contribution in [0.2, 0.25) is 0 Å². The van der Waals surface area contributed by atoms with Crippen LogP contribution in [-0.4, -0.2) is 5.91 Å². The van der Waals surface area contributed by atoms with E-state index in [9.17, 15) is 4.79 Å². The molecule has 17 heavy (non-hydrogen) atoms. The minimum atomic E-state index is -0.0477. The number of carbonyl (C=O) groups excluding carboxylic acids is 1. The molecule has 0 saturated carbocycles. The van der Waals surface area contributed by atoms with Crippen LogP contribution in [0.5, 0.6) is 0 Å². The Morgan fingerprint density at radius 3 is 2.59 bits per heavy atom. The number of anilines is 1. The number of nitrogens with one attached hydrogen (secondary N) is 1. The topological polar surface area (TPSA) is 29.1 Å². The van der Waals surface area contributed by atoms with Gasteiger partial charge >= 0.3 is 0 Å². The fourth-order valence-electron chi connectivity index (χ4n) is 1.51. The van der Waals surface area contributed by atoms with Crippen LogP contribution in [0.3, 0.4) is 0 Å². The van der Waals surface area contributed by atoms with Crippen molar-refractivity contribution in [3.63, 3.8) is 0 Å². The lowest BCUT2D eigenvalue weighted by atomic mass is 10.2. The third kappa shape index (κ3) is 2.96. The molecule has 0 aliphatic carbocycles. The molecule has 4 heteroatoms. The Morgan fingerprint density at radius 1 is 1.24 bits per heavy atom. The Bertz CT molecular complexity index is 562. The summed E-state index contributed by atoms with van der Waals surface area (Å²) in [6.45, 7) is 3.96. The van der Waals surface area contributed by atoms with Gasteiger partial charge in [-0.25, -0.2) is 0 Å². The monoisotopic (exact) mass is 309 g/mol. The summed E-state index contributed by atoms with van der Waals surface area (Å²) in [6, 6.07) is 9.60. The molecule has 88 valence electrons. The average Bonchev–Trinajstić information content (AvgIpc) is 2.69. The van der Waals surface area contributed by atoms with Gasteiger partial charge in [-0.1, -0.05) is 15.9 Å². The summed E-state index contributed by atoms with van der Waals surface area (Å²) >= 11 is 4.90. The normalized spacial score (nSPS) is 10.3. The van der Waals surface area contributed by atoms with Crippen LogP contribution in [0, 0.1) is 13.8 Å². The van der Waals surface area contributed by atoms with E-state index in [0.29, 0.717) is 0 Å². The first-order chi connectivity index (χ1) is 8.06. The summed E-state index contributed by atoms with van der Waals surface area (Å²) < 4.78 is 1.01. The van der Waals surface area contributed by atoms with Crippen LogP contribution in [0.1, 0.15) is 20.1 Å². The highest BCUT2D eigenvalue weighted by atomic mass is 79.9. The summed E-state index contributed by atoms with van der Waals surface area (Å²) in [5, 5.41) is 2.92. The van der Waals surface area contributed by atoms with Crippen molar-refractivity contribution in [3.05, 3.63) is 50.1 Å². The zero-order valence-corrected chi connectivity index (χ0v) is 12.0. The zero-order valence-electron chi connectivity index (χ0n) is 9.58. The molecule has 0 fully saturated rings. The van der Waals surface area contributed by atoms with Crippen LogP contribution in [-0.2, 0) is 0 Å². The molecule has 0 unspecified atom stereocenters. The van der Waals surface area contributed by atoms with E-state index in [1.807, 2.05) is 44.2 Å². The minimum Gasteiger partial charge on any atom is -0.321 e. The Kier molecular flexibility index (Phi) is 3.64. The van der Waals surface area contributed by atoms with Gasteiger partial charge in [-0.3, -0.25) is 4.79 Å². The average molecular weight is 310 g/mol.